The lowest BCUT2D eigenvalue weighted by molar-refractivity contribution is 0.603. The molecule has 0 amide bonds. The molecule has 0 radical (unpaired) electrons. The molecule has 0 aromatic heterocycles. The van der Waals surface area contributed by atoms with E-state index in [2.05, 4.69) is 38.1 Å². The maximum Gasteiger partial charge on any atom is 0.148 e. The van der Waals surface area contributed by atoms with E-state index in [0.29, 0.717) is 11.7 Å². The van der Waals surface area contributed by atoms with E-state index in [1.165, 1.54) is 11.8 Å². The Balaban J connectivity index is 2.43. The number of hydrogen-bond acceptors (Lipinski definition) is 4. The van der Waals surface area contributed by atoms with Gasteiger partial charge in [-0.25, -0.2) is 8.42 Å². The van der Waals surface area contributed by atoms with Crippen molar-refractivity contribution >= 4 is 21.6 Å². The summed E-state index contributed by atoms with van der Waals surface area (Å²) in [5.74, 6) is 2.10. The normalized spacial score (nSPS) is 13.7. The van der Waals surface area contributed by atoms with Crippen LogP contribution >= 0.6 is 11.8 Å². The van der Waals surface area contributed by atoms with E-state index < -0.39 is 9.84 Å². The van der Waals surface area contributed by atoms with Gasteiger partial charge in [-0.05, 0) is 17.0 Å². The van der Waals surface area contributed by atoms with Crippen LogP contribution in [0.25, 0.3) is 0 Å². The van der Waals surface area contributed by atoms with Crippen LogP contribution in [0.1, 0.15) is 36.9 Å². The Morgan fingerprint density at radius 2 is 1.68 bits per heavy atom. The molecule has 5 heteroatoms. The minimum absolute atomic E-state index is 0.0363. The van der Waals surface area contributed by atoms with Crippen molar-refractivity contribution in [2.24, 2.45) is 5.73 Å². The van der Waals surface area contributed by atoms with Gasteiger partial charge in [0.25, 0.3) is 0 Å². The summed E-state index contributed by atoms with van der Waals surface area (Å²) in [5, 5.41) is 0. The largest absolute Gasteiger partial charge is 0.323 e. The molecule has 1 atom stereocenters. The predicted molar refractivity (Wildman–Crippen MR) is 84.5 cm³/mol. The van der Waals surface area contributed by atoms with Crippen LogP contribution in [0, 0.1) is 0 Å². The molecule has 3 nitrogen and oxygen atoms in total. The van der Waals surface area contributed by atoms with Crippen LogP contribution in [0.15, 0.2) is 24.3 Å². The second kappa shape index (κ2) is 7.31. The van der Waals surface area contributed by atoms with E-state index in [0.717, 1.165) is 11.3 Å². The van der Waals surface area contributed by atoms with Gasteiger partial charge in [0, 0.05) is 23.8 Å². The molecular weight excluding hydrogens is 278 g/mol. The van der Waals surface area contributed by atoms with Crippen molar-refractivity contribution in [1.82, 2.24) is 0 Å². The van der Waals surface area contributed by atoms with E-state index in [1.807, 2.05) is 0 Å². The SMILES string of the molecule is CC(C)c1ccc(C(N)CSCCS(C)(=O)=O)cc1. The summed E-state index contributed by atoms with van der Waals surface area (Å²) in [7, 11) is -2.86. The number of benzene rings is 1. The number of nitrogens with two attached hydrogens (primary N) is 1. The minimum Gasteiger partial charge on any atom is -0.323 e. The average Bonchev–Trinajstić information content (AvgIpc) is 2.33. The van der Waals surface area contributed by atoms with Crippen molar-refractivity contribution in [3.8, 4) is 0 Å². The molecule has 0 saturated carbocycles. The number of hydrogen-bond donors (Lipinski definition) is 1. The van der Waals surface area contributed by atoms with Crippen molar-refractivity contribution in [2.45, 2.75) is 25.8 Å². The molecule has 0 saturated heterocycles. The summed E-state index contributed by atoms with van der Waals surface area (Å²) in [6, 6.07) is 8.32. The van der Waals surface area contributed by atoms with Gasteiger partial charge in [-0.1, -0.05) is 38.1 Å². The molecule has 108 valence electrons. The van der Waals surface area contributed by atoms with E-state index in [4.69, 9.17) is 5.73 Å². The molecule has 1 aromatic rings. The molecule has 0 aliphatic heterocycles. The Morgan fingerprint density at radius 3 is 2.16 bits per heavy atom. The fraction of sp³-hybridized carbons (Fsp3) is 0.571. The highest BCUT2D eigenvalue weighted by Gasteiger charge is 2.08. The van der Waals surface area contributed by atoms with E-state index >= 15 is 0 Å². The zero-order chi connectivity index (χ0) is 14.5. The van der Waals surface area contributed by atoms with Crippen molar-refractivity contribution in [1.29, 1.82) is 0 Å². The monoisotopic (exact) mass is 301 g/mol. The van der Waals surface area contributed by atoms with Crippen LogP contribution < -0.4 is 5.73 Å². The number of sulfone groups is 1. The van der Waals surface area contributed by atoms with Crippen LogP contribution in [0.3, 0.4) is 0 Å². The Kier molecular flexibility index (Phi) is 6.36. The van der Waals surface area contributed by atoms with Crippen LogP contribution in [0.2, 0.25) is 0 Å². The lowest BCUT2D eigenvalue weighted by atomic mass is 10.00. The average molecular weight is 301 g/mol. The van der Waals surface area contributed by atoms with E-state index in [9.17, 15) is 8.42 Å². The quantitative estimate of drug-likeness (QED) is 0.786. The first kappa shape index (κ1) is 16.5. The maximum absolute atomic E-state index is 11.0. The van der Waals surface area contributed by atoms with Crippen molar-refractivity contribution in [3.63, 3.8) is 0 Å². The van der Waals surface area contributed by atoms with Crippen molar-refractivity contribution in [3.05, 3.63) is 35.4 Å². The van der Waals surface area contributed by atoms with Crippen LogP contribution in [0.4, 0.5) is 0 Å². The Morgan fingerprint density at radius 1 is 1.16 bits per heavy atom. The highest BCUT2D eigenvalue weighted by atomic mass is 32.2. The molecule has 1 aromatic carbocycles. The summed E-state index contributed by atoms with van der Waals surface area (Å²) >= 11 is 1.59. The molecule has 0 spiro atoms. The lowest BCUT2D eigenvalue weighted by Gasteiger charge is -2.13. The molecule has 19 heavy (non-hydrogen) atoms. The third kappa shape index (κ3) is 6.45. The first-order chi connectivity index (χ1) is 8.79. The van der Waals surface area contributed by atoms with Gasteiger partial charge in [0.15, 0.2) is 0 Å². The first-order valence-electron chi connectivity index (χ1n) is 6.40. The highest BCUT2D eigenvalue weighted by Crippen LogP contribution is 2.20. The number of rotatable bonds is 7. The molecule has 1 unspecified atom stereocenters. The van der Waals surface area contributed by atoms with Crippen molar-refractivity contribution < 1.29 is 8.42 Å². The standard InChI is InChI=1S/C14H23NO2S2/c1-11(2)12-4-6-13(7-5-12)14(15)10-18-8-9-19(3,16)17/h4-7,11,14H,8-10,15H2,1-3H3. The van der Waals surface area contributed by atoms with Gasteiger partial charge < -0.3 is 5.73 Å². The summed E-state index contributed by atoms with van der Waals surface area (Å²) in [5.41, 5.74) is 8.51. The van der Waals surface area contributed by atoms with Gasteiger partial charge in [0.2, 0.25) is 0 Å². The highest BCUT2D eigenvalue weighted by molar-refractivity contribution is 8.00. The predicted octanol–water partition coefficient (Wildman–Crippen LogP) is 2.59. The molecule has 0 fully saturated rings. The maximum atomic E-state index is 11.0. The molecule has 0 heterocycles. The second-order valence-electron chi connectivity index (χ2n) is 5.13. The third-order valence-corrected chi connectivity index (χ3v) is 5.22. The Labute approximate surface area is 120 Å². The van der Waals surface area contributed by atoms with Crippen LogP contribution in [-0.4, -0.2) is 31.9 Å². The summed E-state index contributed by atoms with van der Waals surface area (Å²) in [4.78, 5) is 0. The fourth-order valence-electron chi connectivity index (χ4n) is 1.64. The van der Waals surface area contributed by atoms with Gasteiger partial charge in [-0.15, -0.1) is 0 Å². The van der Waals surface area contributed by atoms with Crippen molar-refractivity contribution in [2.75, 3.05) is 23.5 Å². The van der Waals surface area contributed by atoms with Crippen LogP contribution in [-0.2, 0) is 9.84 Å². The summed E-state index contributed by atoms with van der Waals surface area (Å²) < 4.78 is 22.0. The molecule has 1 rings (SSSR count). The van der Waals surface area contributed by atoms with E-state index in [-0.39, 0.29) is 11.8 Å². The zero-order valence-corrected chi connectivity index (χ0v) is 13.4. The van der Waals surface area contributed by atoms with Gasteiger partial charge >= 0.3 is 0 Å². The first-order valence-corrected chi connectivity index (χ1v) is 9.62. The minimum atomic E-state index is -2.86. The van der Waals surface area contributed by atoms with Crippen LogP contribution in [0.5, 0.6) is 0 Å². The smallest absolute Gasteiger partial charge is 0.148 e. The second-order valence-corrected chi connectivity index (χ2v) is 8.54. The van der Waals surface area contributed by atoms with Gasteiger partial charge in [-0.2, -0.15) is 11.8 Å². The molecule has 2 N–H and O–H groups in total. The zero-order valence-electron chi connectivity index (χ0n) is 11.8. The Bertz CT molecular complexity index is 481. The van der Waals surface area contributed by atoms with Gasteiger partial charge in [0.1, 0.15) is 9.84 Å². The van der Waals surface area contributed by atoms with E-state index in [1.54, 1.807) is 11.8 Å². The summed E-state index contributed by atoms with van der Waals surface area (Å²) in [6.07, 6.45) is 1.26. The number of thioether (sulfide) groups is 1. The summed E-state index contributed by atoms with van der Waals surface area (Å²) in [6.45, 7) is 4.33. The van der Waals surface area contributed by atoms with Gasteiger partial charge in [0.05, 0.1) is 5.75 Å². The lowest BCUT2D eigenvalue weighted by Crippen LogP contribution is -2.14. The molecular formula is C14H23NO2S2. The Hall–Kier alpha value is -0.520. The topological polar surface area (TPSA) is 60.2 Å². The molecule has 0 aliphatic carbocycles. The molecule has 0 bridgehead atoms. The third-order valence-electron chi connectivity index (χ3n) is 2.93. The van der Waals surface area contributed by atoms with Gasteiger partial charge in [-0.3, -0.25) is 0 Å². The molecule has 0 aliphatic rings. The fourth-order valence-corrected chi connectivity index (χ4v) is 3.94.